The van der Waals surface area contributed by atoms with Crippen LogP contribution in [0.15, 0.2) is 18.5 Å². The summed E-state index contributed by atoms with van der Waals surface area (Å²) >= 11 is 0. The predicted molar refractivity (Wildman–Crippen MR) is 66.3 cm³/mol. The third-order valence-corrected chi connectivity index (χ3v) is 2.84. The fourth-order valence-electron chi connectivity index (χ4n) is 1.94. The molecule has 2 rings (SSSR count). The minimum Gasteiger partial charge on any atom is -0.496 e. The van der Waals surface area contributed by atoms with Crippen molar-refractivity contribution in [2.75, 3.05) is 7.11 Å². The molecule has 0 radical (unpaired) electrons. The minimum atomic E-state index is 0.677. The maximum atomic E-state index is 5.39. The van der Waals surface area contributed by atoms with Gasteiger partial charge in [0.2, 0.25) is 0 Å². The molecule has 2 aromatic rings. The highest BCUT2D eigenvalue weighted by Gasteiger charge is 2.09. The number of aryl methyl sites for hydroxylation is 2. The van der Waals surface area contributed by atoms with Crippen LogP contribution in [0.4, 0.5) is 0 Å². The Morgan fingerprint density at radius 2 is 2.06 bits per heavy atom. The second kappa shape index (κ2) is 4.57. The number of hydrogen-bond acceptors (Lipinski definition) is 3. The summed E-state index contributed by atoms with van der Waals surface area (Å²) in [6.07, 6.45) is 3.81. The number of ether oxygens (including phenoxy) is 1. The molecule has 4 nitrogen and oxygen atoms in total. The SMILES string of the molecule is COc1c(C)cnc(Cn2ccc(C)n2)c1C. The van der Waals surface area contributed by atoms with Crippen LogP contribution in [0.2, 0.25) is 0 Å². The standard InChI is InChI=1S/C13H17N3O/c1-9-7-14-12(11(3)13(9)17-4)8-16-6-5-10(2)15-16/h5-7H,8H2,1-4H3. The Morgan fingerprint density at radius 3 is 2.65 bits per heavy atom. The lowest BCUT2D eigenvalue weighted by Crippen LogP contribution is -2.06. The molecule has 0 aliphatic heterocycles. The summed E-state index contributed by atoms with van der Waals surface area (Å²) in [6.45, 7) is 6.69. The van der Waals surface area contributed by atoms with Crippen molar-refractivity contribution in [3.8, 4) is 5.75 Å². The zero-order valence-electron chi connectivity index (χ0n) is 10.7. The third kappa shape index (κ3) is 2.30. The molecule has 90 valence electrons. The van der Waals surface area contributed by atoms with Gasteiger partial charge in [0.05, 0.1) is 25.0 Å². The zero-order chi connectivity index (χ0) is 12.4. The monoisotopic (exact) mass is 231 g/mol. The average Bonchev–Trinajstić information content (AvgIpc) is 2.69. The van der Waals surface area contributed by atoms with Crippen molar-refractivity contribution >= 4 is 0 Å². The fourth-order valence-corrected chi connectivity index (χ4v) is 1.94. The van der Waals surface area contributed by atoms with E-state index in [-0.39, 0.29) is 0 Å². The molecule has 2 aromatic heterocycles. The molecule has 0 atom stereocenters. The van der Waals surface area contributed by atoms with E-state index in [1.165, 1.54) is 0 Å². The van der Waals surface area contributed by atoms with Gasteiger partial charge in [0.15, 0.2) is 0 Å². The first-order valence-corrected chi connectivity index (χ1v) is 5.61. The largest absolute Gasteiger partial charge is 0.496 e. The topological polar surface area (TPSA) is 39.9 Å². The van der Waals surface area contributed by atoms with Crippen molar-refractivity contribution in [2.45, 2.75) is 27.3 Å². The summed E-state index contributed by atoms with van der Waals surface area (Å²) < 4.78 is 7.28. The Labute approximate surface area is 101 Å². The van der Waals surface area contributed by atoms with Crippen LogP contribution in [0.5, 0.6) is 5.75 Å². The number of nitrogens with zero attached hydrogens (tertiary/aromatic N) is 3. The molecule has 0 saturated carbocycles. The van der Waals surface area contributed by atoms with Gasteiger partial charge in [-0.25, -0.2) is 0 Å². The van der Waals surface area contributed by atoms with Crippen LogP contribution in [-0.2, 0) is 6.54 Å². The van der Waals surface area contributed by atoms with Crippen LogP contribution in [0.1, 0.15) is 22.5 Å². The highest BCUT2D eigenvalue weighted by molar-refractivity contribution is 5.41. The van der Waals surface area contributed by atoms with E-state index in [0.29, 0.717) is 6.54 Å². The lowest BCUT2D eigenvalue weighted by Gasteiger charge is -2.12. The van der Waals surface area contributed by atoms with E-state index < -0.39 is 0 Å². The van der Waals surface area contributed by atoms with Gasteiger partial charge < -0.3 is 4.74 Å². The quantitative estimate of drug-likeness (QED) is 0.813. The van der Waals surface area contributed by atoms with Crippen molar-refractivity contribution in [1.29, 1.82) is 0 Å². The van der Waals surface area contributed by atoms with Crippen LogP contribution in [-0.4, -0.2) is 21.9 Å². The summed E-state index contributed by atoms with van der Waals surface area (Å²) in [6, 6.07) is 1.99. The maximum absolute atomic E-state index is 5.39. The van der Waals surface area contributed by atoms with Gasteiger partial charge in [0.25, 0.3) is 0 Å². The Hall–Kier alpha value is -1.84. The van der Waals surface area contributed by atoms with Crippen molar-refractivity contribution in [3.63, 3.8) is 0 Å². The molecule has 0 spiro atoms. The third-order valence-electron chi connectivity index (χ3n) is 2.84. The Kier molecular flexibility index (Phi) is 3.13. The maximum Gasteiger partial charge on any atom is 0.128 e. The zero-order valence-corrected chi connectivity index (χ0v) is 10.7. The van der Waals surface area contributed by atoms with Gasteiger partial charge in [0.1, 0.15) is 5.75 Å². The lowest BCUT2D eigenvalue weighted by molar-refractivity contribution is 0.406. The van der Waals surface area contributed by atoms with E-state index in [4.69, 9.17) is 4.74 Å². The molecule has 0 aliphatic rings. The van der Waals surface area contributed by atoms with E-state index in [0.717, 1.165) is 28.3 Å². The molecule has 0 bridgehead atoms. The number of methoxy groups -OCH3 is 1. The Morgan fingerprint density at radius 1 is 1.29 bits per heavy atom. The summed E-state index contributed by atoms with van der Waals surface area (Å²) in [4.78, 5) is 4.45. The molecule has 0 fully saturated rings. The average molecular weight is 231 g/mol. The van der Waals surface area contributed by atoms with Crippen LogP contribution in [0.3, 0.4) is 0 Å². The summed E-state index contributed by atoms with van der Waals surface area (Å²) in [7, 11) is 1.69. The van der Waals surface area contributed by atoms with E-state index in [1.807, 2.05) is 43.9 Å². The second-order valence-electron chi connectivity index (χ2n) is 4.20. The number of rotatable bonds is 3. The highest BCUT2D eigenvalue weighted by Crippen LogP contribution is 2.24. The first kappa shape index (κ1) is 11.6. The molecule has 0 amide bonds. The number of aromatic nitrogens is 3. The fraction of sp³-hybridized carbons (Fsp3) is 0.385. The van der Waals surface area contributed by atoms with Crippen molar-refractivity contribution < 1.29 is 4.74 Å². The van der Waals surface area contributed by atoms with Gasteiger partial charge in [-0.05, 0) is 26.8 Å². The van der Waals surface area contributed by atoms with Crippen molar-refractivity contribution in [2.24, 2.45) is 0 Å². The Bertz CT molecular complexity index is 531. The molecule has 0 aliphatic carbocycles. The van der Waals surface area contributed by atoms with Crippen molar-refractivity contribution in [3.05, 3.63) is 41.0 Å². The minimum absolute atomic E-state index is 0.677. The normalized spacial score (nSPS) is 10.6. The van der Waals surface area contributed by atoms with Gasteiger partial charge in [-0.1, -0.05) is 0 Å². The van der Waals surface area contributed by atoms with Crippen molar-refractivity contribution in [1.82, 2.24) is 14.8 Å². The first-order chi connectivity index (χ1) is 8.11. The smallest absolute Gasteiger partial charge is 0.128 e. The molecule has 0 aromatic carbocycles. The summed E-state index contributed by atoms with van der Waals surface area (Å²) in [5, 5.41) is 4.36. The van der Waals surface area contributed by atoms with E-state index in [1.54, 1.807) is 7.11 Å². The highest BCUT2D eigenvalue weighted by atomic mass is 16.5. The van der Waals surface area contributed by atoms with Gasteiger partial charge in [0, 0.05) is 23.5 Å². The van der Waals surface area contributed by atoms with E-state index >= 15 is 0 Å². The molecule has 0 unspecified atom stereocenters. The van der Waals surface area contributed by atoms with Crippen LogP contribution >= 0.6 is 0 Å². The molecule has 17 heavy (non-hydrogen) atoms. The Balaban J connectivity index is 2.33. The van der Waals surface area contributed by atoms with Gasteiger partial charge in [-0.2, -0.15) is 5.10 Å². The summed E-state index contributed by atoms with van der Waals surface area (Å²) in [5.74, 6) is 0.916. The molecule has 2 heterocycles. The van der Waals surface area contributed by atoms with E-state index in [9.17, 15) is 0 Å². The van der Waals surface area contributed by atoms with Gasteiger partial charge >= 0.3 is 0 Å². The van der Waals surface area contributed by atoms with E-state index in [2.05, 4.69) is 10.1 Å². The molecule has 0 N–H and O–H groups in total. The van der Waals surface area contributed by atoms with Crippen LogP contribution in [0.25, 0.3) is 0 Å². The lowest BCUT2D eigenvalue weighted by atomic mass is 10.1. The predicted octanol–water partition coefficient (Wildman–Crippen LogP) is 2.26. The summed E-state index contributed by atoms with van der Waals surface area (Å²) in [5.41, 5.74) is 4.16. The van der Waals surface area contributed by atoms with Gasteiger partial charge in [-0.15, -0.1) is 0 Å². The van der Waals surface area contributed by atoms with Gasteiger partial charge in [-0.3, -0.25) is 9.67 Å². The molecule has 0 saturated heterocycles. The van der Waals surface area contributed by atoms with Crippen LogP contribution in [0, 0.1) is 20.8 Å². The molecular formula is C13H17N3O. The van der Waals surface area contributed by atoms with Crippen LogP contribution < -0.4 is 4.74 Å². The first-order valence-electron chi connectivity index (χ1n) is 5.61. The number of hydrogen-bond donors (Lipinski definition) is 0. The molecular weight excluding hydrogens is 214 g/mol. The molecule has 4 heteroatoms. The second-order valence-corrected chi connectivity index (χ2v) is 4.20. The number of pyridine rings is 1.